The van der Waals surface area contributed by atoms with Crippen LogP contribution in [-0.2, 0) is 0 Å². The molecule has 3 rings (SSSR count). The molecule has 2 heteroatoms. The Balaban J connectivity index is 1.60. The maximum atomic E-state index is 3.73. The molecule has 25 heavy (non-hydrogen) atoms. The first kappa shape index (κ1) is 18.2. The van der Waals surface area contributed by atoms with E-state index < -0.39 is 0 Å². The summed E-state index contributed by atoms with van der Waals surface area (Å²) in [6.45, 7) is 6.98. The van der Waals surface area contributed by atoms with Crippen LogP contribution in [0.1, 0.15) is 49.7 Å². The molecular formula is C23H32N2. The van der Waals surface area contributed by atoms with Crippen molar-refractivity contribution in [1.82, 2.24) is 10.2 Å². The highest BCUT2D eigenvalue weighted by Crippen LogP contribution is 2.26. The molecule has 2 aromatic rings. The summed E-state index contributed by atoms with van der Waals surface area (Å²) >= 11 is 0. The molecular weight excluding hydrogens is 304 g/mol. The molecule has 2 nitrogen and oxygen atoms in total. The van der Waals surface area contributed by atoms with Crippen molar-refractivity contribution >= 4 is 0 Å². The van der Waals surface area contributed by atoms with E-state index in [0.717, 1.165) is 12.6 Å². The first-order valence-electron chi connectivity index (χ1n) is 9.92. The molecule has 1 saturated heterocycles. The van der Waals surface area contributed by atoms with E-state index in [1.165, 1.54) is 56.4 Å². The highest BCUT2D eigenvalue weighted by atomic mass is 15.1. The SMILES string of the molecule is CCCCNC1CCN(CC(c2ccccc2)c2ccccc2)CC1. The molecule has 0 aliphatic carbocycles. The molecule has 1 fully saturated rings. The van der Waals surface area contributed by atoms with Crippen molar-refractivity contribution < 1.29 is 0 Å². The van der Waals surface area contributed by atoms with Crippen LogP contribution in [0.25, 0.3) is 0 Å². The number of hydrogen-bond donors (Lipinski definition) is 1. The number of unbranched alkanes of at least 4 members (excludes halogenated alkanes) is 1. The molecule has 2 aromatic carbocycles. The number of rotatable bonds is 8. The summed E-state index contributed by atoms with van der Waals surface area (Å²) < 4.78 is 0. The van der Waals surface area contributed by atoms with E-state index in [-0.39, 0.29) is 0 Å². The van der Waals surface area contributed by atoms with E-state index in [1.54, 1.807) is 0 Å². The topological polar surface area (TPSA) is 15.3 Å². The summed E-state index contributed by atoms with van der Waals surface area (Å²) in [5, 5.41) is 3.73. The van der Waals surface area contributed by atoms with Crippen LogP contribution in [0, 0.1) is 0 Å². The molecule has 0 radical (unpaired) electrons. The van der Waals surface area contributed by atoms with Crippen LogP contribution in [0.5, 0.6) is 0 Å². The molecule has 134 valence electrons. The molecule has 0 unspecified atom stereocenters. The largest absolute Gasteiger partial charge is 0.314 e. The zero-order valence-corrected chi connectivity index (χ0v) is 15.5. The minimum absolute atomic E-state index is 0.465. The number of nitrogens with zero attached hydrogens (tertiary/aromatic N) is 1. The third-order valence-corrected chi connectivity index (χ3v) is 5.40. The zero-order valence-electron chi connectivity index (χ0n) is 15.5. The summed E-state index contributed by atoms with van der Waals surface area (Å²) in [7, 11) is 0. The fourth-order valence-corrected chi connectivity index (χ4v) is 3.83. The lowest BCUT2D eigenvalue weighted by Crippen LogP contribution is -2.44. The van der Waals surface area contributed by atoms with Crippen LogP contribution in [0.3, 0.4) is 0 Å². The molecule has 1 aliphatic rings. The Morgan fingerprint density at radius 3 is 2.00 bits per heavy atom. The molecule has 0 saturated carbocycles. The summed E-state index contributed by atoms with van der Waals surface area (Å²) in [6, 6.07) is 22.7. The van der Waals surface area contributed by atoms with Gasteiger partial charge in [0, 0.05) is 18.5 Å². The Morgan fingerprint density at radius 1 is 0.920 bits per heavy atom. The van der Waals surface area contributed by atoms with Crippen LogP contribution >= 0.6 is 0 Å². The van der Waals surface area contributed by atoms with E-state index in [4.69, 9.17) is 0 Å². The maximum Gasteiger partial charge on any atom is 0.0217 e. The van der Waals surface area contributed by atoms with Crippen molar-refractivity contribution in [2.75, 3.05) is 26.2 Å². The fraction of sp³-hybridized carbons (Fsp3) is 0.478. The summed E-state index contributed by atoms with van der Waals surface area (Å²) in [5.74, 6) is 0.465. The molecule has 0 amide bonds. The first-order chi connectivity index (χ1) is 12.4. The number of benzene rings is 2. The highest BCUT2D eigenvalue weighted by Gasteiger charge is 2.23. The molecule has 1 N–H and O–H groups in total. The van der Waals surface area contributed by atoms with Gasteiger partial charge in [0.05, 0.1) is 0 Å². The third kappa shape index (κ3) is 5.42. The standard InChI is InChI=1S/C23H32N2/c1-2-3-16-24-22-14-17-25(18-15-22)19-23(20-10-6-4-7-11-20)21-12-8-5-9-13-21/h4-13,22-24H,2-3,14-19H2,1H3. The van der Waals surface area contributed by atoms with E-state index in [1.807, 2.05) is 0 Å². The van der Waals surface area contributed by atoms with E-state index in [9.17, 15) is 0 Å². The maximum absolute atomic E-state index is 3.73. The summed E-state index contributed by atoms with van der Waals surface area (Å²) in [5.41, 5.74) is 2.86. The van der Waals surface area contributed by atoms with Gasteiger partial charge in [-0.2, -0.15) is 0 Å². The minimum atomic E-state index is 0.465. The zero-order chi connectivity index (χ0) is 17.3. The molecule has 1 heterocycles. The first-order valence-corrected chi connectivity index (χ1v) is 9.92. The van der Waals surface area contributed by atoms with Gasteiger partial charge in [-0.25, -0.2) is 0 Å². The number of nitrogens with one attached hydrogen (secondary N) is 1. The number of hydrogen-bond acceptors (Lipinski definition) is 2. The van der Waals surface area contributed by atoms with Crippen molar-refractivity contribution in [3.05, 3.63) is 71.8 Å². The van der Waals surface area contributed by atoms with Crippen LogP contribution in [-0.4, -0.2) is 37.1 Å². The van der Waals surface area contributed by atoms with Crippen LogP contribution in [0.4, 0.5) is 0 Å². The lowest BCUT2D eigenvalue weighted by Gasteiger charge is -2.35. The Morgan fingerprint density at radius 2 is 1.48 bits per heavy atom. The van der Waals surface area contributed by atoms with Crippen LogP contribution in [0.2, 0.25) is 0 Å². The van der Waals surface area contributed by atoms with Crippen molar-refractivity contribution in [2.45, 2.75) is 44.6 Å². The second kappa shape index (κ2) is 9.74. The van der Waals surface area contributed by atoms with Gasteiger partial charge in [0.25, 0.3) is 0 Å². The average Bonchev–Trinajstić information content (AvgIpc) is 2.69. The minimum Gasteiger partial charge on any atom is -0.314 e. The normalized spacial score (nSPS) is 16.4. The van der Waals surface area contributed by atoms with E-state index in [2.05, 4.69) is 77.8 Å². The third-order valence-electron chi connectivity index (χ3n) is 5.40. The van der Waals surface area contributed by atoms with Gasteiger partial charge in [-0.05, 0) is 50.0 Å². The van der Waals surface area contributed by atoms with Crippen molar-refractivity contribution in [3.8, 4) is 0 Å². The van der Waals surface area contributed by atoms with E-state index >= 15 is 0 Å². The Bertz CT molecular complexity index is 549. The van der Waals surface area contributed by atoms with Gasteiger partial charge in [0.2, 0.25) is 0 Å². The highest BCUT2D eigenvalue weighted by molar-refractivity contribution is 5.32. The second-order valence-electron chi connectivity index (χ2n) is 7.26. The van der Waals surface area contributed by atoms with E-state index in [0.29, 0.717) is 5.92 Å². The quantitative estimate of drug-likeness (QED) is 0.705. The molecule has 0 spiro atoms. The van der Waals surface area contributed by atoms with Gasteiger partial charge in [-0.15, -0.1) is 0 Å². The second-order valence-corrected chi connectivity index (χ2v) is 7.26. The Kier molecular flexibility index (Phi) is 7.08. The van der Waals surface area contributed by atoms with Gasteiger partial charge in [0.1, 0.15) is 0 Å². The predicted molar refractivity (Wildman–Crippen MR) is 107 cm³/mol. The number of piperidine rings is 1. The molecule has 1 aliphatic heterocycles. The lowest BCUT2D eigenvalue weighted by atomic mass is 9.90. The summed E-state index contributed by atoms with van der Waals surface area (Å²) in [6.07, 6.45) is 5.13. The van der Waals surface area contributed by atoms with Crippen molar-refractivity contribution in [3.63, 3.8) is 0 Å². The van der Waals surface area contributed by atoms with Crippen LogP contribution < -0.4 is 5.32 Å². The van der Waals surface area contributed by atoms with Gasteiger partial charge in [0.15, 0.2) is 0 Å². The molecule has 0 atom stereocenters. The number of likely N-dealkylation sites (tertiary alicyclic amines) is 1. The molecule has 0 bridgehead atoms. The van der Waals surface area contributed by atoms with Crippen LogP contribution in [0.15, 0.2) is 60.7 Å². The average molecular weight is 337 g/mol. The van der Waals surface area contributed by atoms with Gasteiger partial charge < -0.3 is 10.2 Å². The van der Waals surface area contributed by atoms with Crippen molar-refractivity contribution in [2.24, 2.45) is 0 Å². The molecule has 0 aromatic heterocycles. The predicted octanol–water partition coefficient (Wildman–Crippen LogP) is 4.67. The van der Waals surface area contributed by atoms with Gasteiger partial charge >= 0.3 is 0 Å². The Hall–Kier alpha value is -1.64. The fourth-order valence-electron chi connectivity index (χ4n) is 3.83. The lowest BCUT2D eigenvalue weighted by molar-refractivity contribution is 0.193. The van der Waals surface area contributed by atoms with Gasteiger partial charge in [-0.1, -0.05) is 74.0 Å². The smallest absolute Gasteiger partial charge is 0.0217 e. The van der Waals surface area contributed by atoms with Gasteiger partial charge in [-0.3, -0.25) is 0 Å². The monoisotopic (exact) mass is 336 g/mol. The van der Waals surface area contributed by atoms with Crippen molar-refractivity contribution in [1.29, 1.82) is 0 Å². The summed E-state index contributed by atoms with van der Waals surface area (Å²) in [4.78, 5) is 2.66. The Labute approximate surface area is 153 Å².